The van der Waals surface area contributed by atoms with Crippen molar-refractivity contribution in [2.24, 2.45) is 23.7 Å². The molecule has 2 aliphatic rings. The van der Waals surface area contributed by atoms with Gasteiger partial charge < -0.3 is 10.1 Å². The Morgan fingerprint density at radius 1 is 0.938 bits per heavy atom. The summed E-state index contributed by atoms with van der Waals surface area (Å²) in [5.74, 6) is -0.222. The molecule has 1 amide bonds. The molecule has 3 atom stereocenters. The van der Waals surface area contributed by atoms with E-state index in [9.17, 15) is 9.59 Å². The van der Waals surface area contributed by atoms with Gasteiger partial charge in [-0.05, 0) is 35.8 Å². The second-order valence-electron chi connectivity index (χ2n) is 9.51. The number of hydrogen-bond donors (Lipinski definition) is 1. The molecule has 1 unspecified atom stereocenters. The Balaban J connectivity index is 1.44. The van der Waals surface area contributed by atoms with Crippen LogP contribution in [-0.4, -0.2) is 24.8 Å². The van der Waals surface area contributed by atoms with Crippen molar-refractivity contribution in [3.8, 4) is 0 Å². The van der Waals surface area contributed by atoms with Gasteiger partial charge in [0.2, 0.25) is 5.91 Å². The van der Waals surface area contributed by atoms with Crippen LogP contribution in [0.3, 0.4) is 0 Å². The van der Waals surface area contributed by atoms with Gasteiger partial charge >= 0.3 is 0 Å². The van der Waals surface area contributed by atoms with Gasteiger partial charge in [0.25, 0.3) is 0 Å². The second-order valence-corrected chi connectivity index (χ2v) is 9.51. The molecular formula is C28H35NO3. The number of Topliss-reactive ketones (excluding diaryl/α,β-unsaturated/α-hetero) is 1. The highest BCUT2D eigenvalue weighted by molar-refractivity contribution is 6.04. The van der Waals surface area contributed by atoms with Crippen LogP contribution < -0.4 is 5.32 Å². The minimum absolute atomic E-state index is 0.0142. The maximum absolute atomic E-state index is 13.7. The molecule has 0 spiro atoms. The van der Waals surface area contributed by atoms with Crippen molar-refractivity contribution in [2.45, 2.75) is 51.6 Å². The number of amides is 1. The summed E-state index contributed by atoms with van der Waals surface area (Å²) in [5, 5.41) is 2.96. The van der Waals surface area contributed by atoms with E-state index in [1.54, 1.807) is 0 Å². The first kappa shape index (κ1) is 22.7. The fourth-order valence-electron chi connectivity index (χ4n) is 5.38. The third kappa shape index (κ3) is 6.07. The van der Waals surface area contributed by atoms with Crippen LogP contribution in [-0.2, 0) is 27.4 Å². The largest absolute Gasteiger partial charge is 0.376 e. The first-order valence-corrected chi connectivity index (χ1v) is 12.2. The van der Waals surface area contributed by atoms with Gasteiger partial charge in [-0.15, -0.1) is 0 Å². The van der Waals surface area contributed by atoms with Crippen LogP contribution in [0.2, 0.25) is 0 Å². The van der Waals surface area contributed by atoms with Crippen LogP contribution in [0, 0.1) is 23.7 Å². The quantitative estimate of drug-likeness (QED) is 0.539. The maximum Gasteiger partial charge on any atom is 0.230 e. The topological polar surface area (TPSA) is 55.4 Å². The number of carbonyl (C=O) groups is 2. The minimum atomic E-state index is -0.566. The zero-order chi connectivity index (χ0) is 22.2. The summed E-state index contributed by atoms with van der Waals surface area (Å²) in [6.45, 7) is 1.47. The van der Waals surface area contributed by atoms with Crippen molar-refractivity contribution in [3.05, 3.63) is 71.8 Å². The molecule has 0 bridgehead atoms. The number of nitrogens with one attached hydrogen (secondary N) is 1. The number of ketones is 1. The first-order chi connectivity index (χ1) is 15.7. The monoisotopic (exact) mass is 433 g/mol. The highest BCUT2D eigenvalue weighted by atomic mass is 16.5. The Kier molecular flexibility index (Phi) is 8.11. The summed E-state index contributed by atoms with van der Waals surface area (Å²) in [5.41, 5.74) is 2.29. The zero-order valence-electron chi connectivity index (χ0n) is 18.9. The van der Waals surface area contributed by atoms with Gasteiger partial charge in [0.15, 0.2) is 5.78 Å². The number of rotatable bonds is 10. The molecule has 4 rings (SSSR count). The lowest BCUT2D eigenvalue weighted by Gasteiger charge is -2.28. The Morgan fingerprint density at radius 2 is 1.59 bits per heavy atom. The van der Waals surface area contributed by atoms with E-state index in [0.717, 1.165) is 18.4 Å². The highest BCUT2D eigenvalue weighted by Gasteiger charge is 2.43. The standard InChI is InChI=1S/C28H35NO3/c30-27(26-24(18-29-28(26)31)16-21-10-4-1-5-11-21)25(17-22-12-6-2-7-13-22)20-32-19-23-14-8-3-9-15-23/h1,3-5,8-11,14-15,22,24-26H,2,6-7,12-13,16-20H2,(H,29,31)/t24?,25-,26+/m0/s1. The summed E-state index contributed by atoms with van der Waals surface area (Å²) in [6, 6.07) is 20.2. The van der Waals surface area contributed by atoms with E-state index in [-0.39, 0.29) is 23.5 Å². The van der Waals surface area contributed by atoms with Crippen molar-refractivity contribution < 1.29 is 14.3 Å². The van der Waals surface area contributed by atoms with E-state index in [2.05, 4.69) is 17.4 Å². The van der Waals surface area contributed by atoms with Crippen molar-refractivity contribution >= 4 is 11.7 Å². The summed E-state index contributed by atoms with van der Waals surface area (Å²) in [4.78, 5) is 26.5. The molecule has 0 radical (unpaired) electrons. The Labute approximate surface area is 191 Å². The van der Waals surface area contributed by atoms with Gasteiger partial charge in [0, 0.05) is 12.5 Å². The summed E-state index contributed by atoms with van der Waals surface area (Å²) < 4.78 is 6.04. The molecule has 4 heteroatoms. The number of carbonyl (C=O) groups excluding carboxylic acids is 2. The summed E-state index contributed by atoms with van der Waals surface area (Å²) >= 11 is 0. The third-order valence-corrected chi connectivity index (χ3v) is 7.12. The Bertz CT molecular complexity index is 861. The van der Waals surface area contributed by atoms with Crippen molar-refractivity contribution in [2.75, 3.05) is 13.2 Å². The minimum Gasteiger partial charge on any atom is -0.376 e. The van der Waals surface area contributed by atoms with Crippen LogP contribution >= 0.6 is 0 Å². The molecule has 1 heterocycles. The number of benzene rings is 2. The lowest BCUT2D eigenvalue weighted by atomic mass is 9.76. The van der Waals surface area contributed by atoms with Crippen LogP contribution in [0.15, 0.2) is 60.7 Å². The Hall–Kier alpha value is -2.46. The molecule has 1 saturated carbocycles. The van der Waals surface area contributed by atoms with Gasteiger partial charge in [0.1, 0.15) is 5.92 Å². The van der Waals surface area contributed by atoms with E-state index in [0.29, 0.717) is 25.7 Å². The fraction of sp³-hybridized carbons (Fsp3) is 0.500. The predicted octanol–water partition coefficient (Wildman–Crippen LogP) is 4.96. The predicted molar refractivity (Wildman–Crippen MR) is 126 cm³/mol. The summed E-state index contributed by atoms with van der Waals surface area (Å²) in [6.07, 6.45) is 7.75. The average molecular weight is 434 g/mol. The summed E-state index contributed by atoms with van der Waals surface area (Å²) in [7, 11) is 0. The van der Waals surface area contributed by atoms with Crippen LogP contribution in [0.1, 0.15) is 49.7 Å². The highest BCUT2D eigenvalue weighted by Crippen LogP contribution is 2.33. The lowest BCUT2D eigenvalue weighted by molar-refractivity contribution is -0.137. The van der Waals surface area contributed by atoms with E-state index in [4.69, 9.17) is 4.74 Å². The molecular weight excluding hydrogens is 398 g/mol. The average Bonchev–Trinajstić information content (AvgIpc) is 3.19. The molecule has 170 valence electrons. The molecule has 1 saturated heterocycles. The van der Waals surface area contributed by atoms with Gasteiger partial charge in [-0.25, -0.2) is 0 Å². The van der Waals surface area contributed by atoms with Crippen LogP contribution in [0.4, 0.5) is 0 Å². The molecule has 0 aromatic heterocycles. The van der Waals surface area contributed by atoms with Gasteiger partial charge in [-0.3, -0.25) is 9.59 Å². The van der Waals surface area contributed by atoms with Crippen molar-refractivity contribution in [1.29, 1.82) is 0 Å². The zero-order valence-corrected chi connectivity index (χ0v) is 18.9. The van der Waals surface area contributed by atoms with E-state index >= 15 is 0 Å². The smallest absolute Gasteiger partial charge is 0.230 e. The molecule has 4 nitrogen and oxygen atoms in total. The SMILES string of the molecule is O=C1NCC(Cc2ccccc2)[C@@H]1C(=O)[C@H](COCc1ccccc1)CC1CCCCC1. The third-order valence-electron chi connectivity index (χ3n) is 7.12. The van der Waals surface area contributed by atoms with E-state index < -0.39 is 5.92 Å². The lowest BCUT2D eigenvalue weighted by Crippen LogP contribution is -2.36. The molecule has 2 fully saturated rings. The van der Waals surface area contributed by atoms with Gasteiger partial charge in [-0.2, -0.15) is 0 Å². The second kappa shape index (κ2) is 11.4. The van der Waals surface area contributed by atoms with Crippen LogP contribution in [0.5, 0.6) is 0 Å². The molecule has 1 aliphatic carbocycles. The van der Waals surface area contributed by atoms with E-state index in [1.165, 1.54) is 37.7 Å². The maximum atomic E-state index is 13.7. The first-order valence-electron chi connectivity index (χ1n) is 12.2. The van der Waals surface area contributed by atoms with Gasteiger partial charge in [0.05, 0.1) is 13.2 Å². The fourth-order valence-corrected chi connectivity index (χ4v) is 5.38. The van der Waals surface area contributed by atoms with Crippen molar-refractivity contribution in [3.63, 3.8) is 0 Å². The molecule has 2 aromatic rings. The molecule has 1 aliphatic heterocycles. The number of hydrogen-bond acceptors (Lipinski definition) is 3. The van der Waals surface area contributed by atoms with Crippen LogP contribution in [0.25, 0.3) is 0 Å². The normalized spacial score (nSPS) is 22.4. The van der Waals surface area contributed by atoms with E-state index in [1.807, 2.05) is 48.5 Å². The molecule has 32 heavy (non-hydrogen) atoms. The molecule has 1 N–H and O–H groups in total. The number of ether oxygens (including phenoxy) is 1. The Morgan fingerprint density at radius 3 is 2.28 bits per heavy atom. The van der Waals surface area contributed by atoms with Crippen molar-refractivity contribution in [1.82, 2.24) is 5.32 Å². The molecule has 2 aromatic carbocycles. The van der Waals surface area contributed by atoms with Gasteiger partial charge in [-0.1, -0.05) is 92.8 Å².